The van der Waals surface area contributed by atoms with E-state index >= 15 is 0 Å². The van der Waals surface area contributed by atoms with Crippen molar-refractivity contribution in [1.29, 1.82) is 0 Å². The highest BCUT2D eigenvalue weighted by atomic mass is 16.5. The molecule has 2 aromatic rings. The van der Waals surface area contributed by atoms with Crippen LogP contribution in [0.1, 0.15) is 24.2 Å². The molecule has 2 nitrogen and oxygen atoms in total. The van der Waals surface area contributed by atoms with Crippen molar-refractivity contribution in [3.63, 3.8) is 0 Å². The van der Waals surface area contributed by atoms with Crippen LogP contribution in [0, 0.1) is 0 Å². The molecule has 2 heteroatoms. The second-order valence-corrected chi connectivity index (χ2v) is 4.02. The van der Waals surface area contributed by atoms with Crippen LogP contribution in [-0.2, 0) is 6.61 Å². The van der Waals surface area contributed by atoms with Gasteiger partial charge in [0.2, 0.25) is 0 Å². The third-order valence-electron chi connectivity index (χ3n) is 2.61. The fourth-order valence-electron chi connectivity index (χ4n) is 1.58. The van der Waals surface area contributed by atoms with E-state index in [0.717, 1.165) is 16.9 Å². The van der Waals surface area contributed by atoms with Gasteiger partial charge in [0.05, 0.1) is 6.10 Å². The van der Waals surface area contributed by atoms with Gasteiger partial charge >= 0.3 is 0 Å². The average molecular weight is 228 g/mol. The summed E-state index contributed by atoms with van der Waals surface area (Å²) in [6, 6.07) is 17.5. The van der Waals surface area contributed by atoms with Crippen LogP contribution >= 0.6 is 0 Å². The SMILES string of the molecule is C[C@@H](O)c1ccc(COc2ccccc2)cc1. The summed E-state index contributed by atoms with van der Waals surface area (Å²) in [5.74, 6) is 0.868. The molecule has 0 spiro atoms. The maximum absolute atomic E-state index is 9.39. The van der Waals surface area contributed by atoms with Crippen LogP contribution in [-0.4, -0.2) is 5.11 Å². The molecule has 0 aromatic heterocycles. The molecule has 2 rings (SSSR count). The van der Waals surface area contributed by atoms with Crippen LogP contribution in [0.5, 0.6) is 5.75 Å². The first-order valence-electron chi connectivity index (χ1n) is 5.70. The molecular weight excluding hydrogens is 212 g/mol. The highest BCUT2D eigenvalue weighted by molar-refractivity contribution is 5.25. The van der Waals surface area contributed by atoms with E-state index in [0.29, 0.717) is 6.61 Å². The number of aliphatic hydroxyl groups is 1. The number of para-hydroxylation sites is 1. The van der Waals surface area contributed by atoms with E-state index in [1.54, 1.807) is 6.92 Å². The van der Waals surface area contributed by atoms with Crippen LogP contribution in [0.2, 0.25) is 0 Å². The second kappa shape index (κ2) is 5.51. The Bertz CT molecular complexity index is 446. The lowest BCUT2D eigenvalue weighted by molar-refractivity contribution is 0.199. The number of hydrogen-bond acceptors (Lipinski definition) is 2. The molecule has 0 aliphatic heterocycles. The van der Waals surface area contributed by atoms with Crippen molar-refractivity contribution in [2.75, 3.05) is 0 Å². The predicted molar refractivity (Wildman–Crippen MR) is 67.8 cm³/mol. The van der Waals surface area contributed by atoms with Crippen molar-refractivity contribution < 1.29 is 9.84 Å². The van der Waals surface area contributed by atoms with Crippen molar-refractivity contribution >= 4 is 0 Å². The number of ether oxygens (including phenoxy) is 1. The minimum absolute atomic E-state index is 0.418. The topological polar surface area (TPSA) is 29.5 Å². The van der Waals surface area contributed by atoms with E-state index in [4.69, 9.17) is 4.74 Å². The van der Waals surface area contributed by atoms with Crippen molar-refractivity contribution in [2.24, 2.45) is 0 Å². The molecule has 1 atom stereocenters. The van der Waals surface area contributed by atoms with Crippen molar-refractivity contribution in [3.05, 3.63) is 65.7 Å². The molecule has 88 valence electrons. The summed E-state index contributed by atoms with van der Waals surface area (Å²) in [6.45, 7) is 2.31. The minimum atomic E-state index is -0.418. The van der Waals surface area contributed by atoms with E-state index in [1.165, 1.54) is 0 Å². The zero-order chi connectivity index (χ0) is 12.1. The molecule has 2 aromatic carbocycles. The summed E-state index contributed by atoms with van der Waals surface area (Å²) in [5, 5.41) is 9.39. The monoisotopic (exact) mass is 228 g/mol. The average Bonchev–Trinajstić information content (AvgIpc) is 2.38. The van der Waals surface area contributed by atoms with Crippen LogP contribution < -0.4 is 4.74 Å². The number of aliphatic hydroxyl groups excluding tert-OH is 1. The van der Waals surface area contributed by atoms with E-state index < -0.39 is 6.10 Å². The summed E-state index contributed by atoms with van der Waals surface area (Å²) in [5.41, 5.74) is 2.02. The predicted octanol–water partition coefficient (Wildman–Crippen LogP) is 3.32. The van der Waals surface area contributed by atoms with Gasteiger partial charge in [-0.25, -0.2) is 0 Å². The molecule has 1 N–H and O–H groups in total. The van der Waals surface area contributed by atoms with Gasteiger partial charge in [0.25, 0.3) is 0 Å². The van der Waals surface area contributed by atoms with Gasteiger partial charge in [0.1, 0.15) is 12.4 Å². The molecule has 0 fully saturated rings. The van der Waals surface area contributed by atoms with E-state index in [1.807, 2.05) is 54.6 Å². The van der Waals surface area contributed by atoms with E-state index in [-0.39, 0.29) is 0 Å². The van der Waals surface area contributed by atoms with Gasteiger partial charge in [-0.3, -0.25) is 0 Å². The summed E-state index contributed by atoms with van der Waals surface area (Å²) in [4.78, 5) is 0. The van der Waals surface area contributed by atoms with Gasteiger partial charge in [-0.1, -0.05) is 42.5 Å². The summed E-state index contributed by atoms with van der Waals surface area (Å²) in [6.07, 6.45) is -0.418. The van der Waals surface area contributed by atoms with Gasteiger partial charge in [0, 0.05) is 0 Å². The Morgan fingerprint density at radius 2 is 1.65 bits per heavy atom. The molecule has 0 bridgehead atoms. The second-order valence-electron chi connectivity index (χ2n) is 4.02. The lowest BCUT2D eigenvalue weighted by Crippen LogP contribution is -1.96. The fourth-order valence-corrected chi connectivity index (χ4v) is 1.58. The molecule has 0 radical (unpaired) electrons. The molecule has 17 heavy (non-hydrogen) atoms. The molecule has 0 aliphatic rings. The largest absolute Gasteiger partial charge is 0.489 e. The Hall–Kier alpha value is -1.80. The molecule has 0 aliphatic carbocycles. The maximum Gasteiger partial charge on any atom is 0.119 e. The van der Waals surface area contributed by atoms with Crippen LogP contribution in [0.25, 0.3) is 0 Å². The highest BCUT2D eigenvalue weighted by Gasteiger charge is 2.00. The number of rotatable bonds is 4. The lowest BCUT2D eigenvalue weighted by atomic mass is 10.1. The Kier molecular flexibility index (Phi) is 3.78. The standard InChI is InChI=1S/C15H16O2/c1-12(16)14-9-7-13(8-10-14)11-17-15-5-3-2-4-6-15/h2-10,12,16H,11H2,1H3/t12-/m1/s1. The quantitative estimate of drug-likeness (QED) is 0.869. The molecule has 0 unspecified atom stereocenters. The van der Waals surface area contributed by atoms with E-state index in [2.05, 4.69) is 0 Å². The number of benzene rings is 2. The normalized spacial score (nSPS) is 12.1. The zero-order valence-electron chi connectivity index (χ0n) is 9.84. The fraction of sp³-hybridized carbons (Fsp3) is 0.200. The molecular formula is C15H16O2. The summed E-state index contributed by atoms with van der Waals surface area (Å²) in [7, 11) is 0. The van der Waals surface area contributed by atoms with Gasteiger partial charge in [-0.05, 0) is 30.2 Å². The Labute approximate surface area is 101 Å². The van der Waals surface area contributed by atoms with Crippen molar-refractivity contribution in [2.45, 2.75) is 19.6 Å². The Balaban J connectivity index is 1.96. The summed E-state index contributed by atoms with van der Waals surface area (Å²) >= 11 is 0. The maximum atomic E-state index is 9.39. The Morgan fingerprint density at radius 1 is 1.00 bits per heavy atom. The van der Waals surface area contributed by atoms with Crippen LogP contribution in [0.3, 0.4) is 0 Å². The van der Waals surface area contributed by atoms with Gasteiger partial charge in [0.15, 0.2) is 0 Å². The first-order valence-corrected chi connectivity index (χ1v) is 5.70. The van der Waals surface area contributed by atoms with Crippen LogP contribution in [0.15, 0.2) is 54.6 Å². The minimum Gasteiger partial charge on any atom is -0.489 e. The molecule has 0 amide bonds. The van der Waals surface area contributed by atoms with Crippen LogP contribution in [0.4, 0.5) is 0 Å². The molecule has 0 saturated carbocycles. The van der Waals surface area contributed by atoms with E-state index in [9.17, 15) is 5.11 Å². The van der Waals surface area contributed by atoms with Gasteiger partial charge in [-0.15, -0.1) is 0 Å². The lowest BCUT2D eigenvalue weighted by Gasteiger charge is -2.08. The van der Waals surface area contributed by atoms with Gasteiger partial charge < -0.3 is 9.84 Å². The third-order valence-corrected chi connectivity index (χ3v) is 2.61. The highest BCUT2D eigenvalue weighted by Crippen LogP contribution is 2.15. The third kappa shape index (κ3) is 3.33. The smallest absolute Gasteiger partial charge is 0.119 e. The first-order chi connectivity index (χ1) is 8.25. The first kappa shape index (κ1) is 11.7. The molecule has 0 heterocycles. The zero-order valence-corrected chi connectivity index (χ0v) is 9.84. The van der Waals surface area contributed by atoms with Crippen molar-refractivity contribution in [1.82, 2.24) is 0 Å². The van der Waals surface area contributed by atoms with Crippen molar-refractivity contribution in [3.8, 4) is 5.75 Å². The summed E-state index contributed by atoms with van der Waals surface area (Å²) < 4.78 is 5.63. The Morgan fingerprint density at radius 3 is 2.24 bits per heavy atom. The number of hydrogen-bond donors (Lipinski definition) is 1. The van der Waals surface area contributed by atoms with Gasteiger partial charge in [-0.2, -0.15) is 0 Å². The molecule has 0 saturated heterocycles.